The van der Waals surface area contributed by atoms with Gasteiger partial charge in [-0.3, -0.25) is 4.90 Å². The van der Waals surface area contributed by atoms with E-state index in [1.807, 2.05) is 0 Å². The molecule has 0 aromatic heterocycles. The zero-order valence-corrected chi connectivity index (χ0v) is 10.3. The number of piperazine rings is 1. The lowest BCUT2D eigenvalue weighted by Gasteiger charge is -2.38. The number of nitrogens with zero attached hydrogens (tertiary/aromatic N) is 1. The molecule has 0 aromatic rings. The zero-order valence-electron chi connectivity index (χ0n) is 10.3. The summed E-state index contributed by atoms with van der Waals surface area (Å²) in [5, 5.41) is 3.47. The molecular formula is C13H26N2. The van der Waals surface area contributed by atoms with Crippen LogP contribution in [0.2, 0.25) is 0 Å². The van der Waals surface area contributed by atoms with Gasteiger partial charge in [0.05, 0.1) is 0 Å². The third kappa shape index (κ3) is 3.18. The van der Waals surface area contributed by atoms with E-state index >= 15 is 0 Å². The average Bonchev–Trinajstić information content (AvgIpc) is 2.25. The highest BCUT2D eigenvalue weighted by atomic mass is 15.2. The largest absolute Gasteiger partial charge is 0.314 e. The molecule has 88 valence electrons. The molecule has 1 heterocycles. The normalized spacial score (nSPS) is 39.2. The summed E-state index contributed by atoms with van der Waals surface area (Å²) in [5.74, 6) is 1.98. The first-order valence-electron chi connectivity index (χ1n) is 6.70. The van der Waals surface area contributed by atoms with E-state index < -0.39 is 0 Å². The van der Waals surface area contributed by atoms with Gasteiger partial charge in [0.15, 0.2) is 0 Å². The van der Waals surface area contributed by atoms with Gasteiger partial charge in [0, 0.05) is 32.2 Å². The van der Waals surface area contributed by atoms with Gasteiger partial charge in [-0.25, -0.2) is 0 Å². The third-order valence-corrected chi connectivity index (χ3v) is 4.27. The molecule has 2 rings (SSSR count). The van der Waals surface area contributed by atoms with Crippen LogP contribution >= 0.6 is 0 Å². The molecule has 2 aliphatic rings. The van der Waals surface area contributed by atoms with Crippen molar-refractivity contribution in [3.05, 3.63) is 0 Å². The van der Waals surface area contributed by atoms with Crippen LogP contribution in [0.4, 0.5) is 0 Å². The van der Waals surface area contributed by atoms with Gasteiger partial charge in [-0.1, -0.05) is 19.8 Å². The topological polar surface area (TPSA) is 15.3 Å². The van der Waals surface area contributed by atoms with E-state index in [0.29, 0.717) is 0 Å². The Bertz CT molecular complexity index is 185. The molecular weight excluding hydrogens is 184 g/mol. The highest BCUT2D eigenvalue weighted by molar-refractivity contribution is 4.80. The van der Waals surface area contributed by atoms with Crippen LogP contribution in [-0.4, -0.2) is 37.1 Å². The molecule has 0 radical (unpaired) electrons. The Morgan fingerprint density at radius 3 is 2.53 bits per heavy atom. The highest BCUT2D eigenvalue weighted by Gasteiger charge is 2.24. The lowest BCUT2D eigenvalue weighted by Crippen LogP contribution is -2.51. The third-order valence-electron chi connectivity index (χ3n) is 4.27. The Balaban J connectivity index is 1.75. The number of hydrogen-bond donors (Lipinski definition) is 1. The van der Waals surface area contributed by atoms with Crippen LogP contribution in [0, 0.1) is 11.8 Å². The lowest BCUT2D eigenvalue weighted by atomic mass is 9.82. The molecule has 0 bridgehead atoms. The Hall–Kier alpha value is -0.0800. The molecule has 1 aliphatic heterocycles. The van der Waals surface area contributed by atoms with Crippen LogP contribution in [0.15, 0.2) is 0 Å². The standard InChI is InChI=1S/C13H26N2/c1-11-3-5-13(6-4-11)10-15-8-7-14-9-12(15)2/h11-14H,3-10H2,1-2H3/t11?,12-,13?/m1/s1. The summed E-state index contributed by atoms with van der Waals surface area (Å²) in [6.45, 7) is 9.75. The van der Waals surface area contributed by atoms with Crippen LogP contribution in [0.3, 0.4) is 0 Å². The van der Waals surface area contributed by atoms with E-state index in [-0.39, 0.29) is 0 Å². The summed E-state index contributed by atoms with van der Waals surface area (Å²) >= 11 is 0. The van der Waals surface area contributed by atoms with Crippen molar-refractivity contribution in [3.8, 4) is 0 Å². The van der Waals surface area contributed by atoms with Crippen molar-refractivity contribution in [2.75, 3.05) is 26.2 Å². The highest BCUT2D eigenvalue weighted by Crippen LogP contribution is 2.29. The van der Waals surface area contributed by atoms with Gasteiger partial charge in [-0.2, -0.15) is 0 Å². The van der Waals surface area contributed by atoms with Gasteiger partial charge in [-0.15, -0.1) is 0 Å². The van der Waals surface area contributed by atoms with E-state index in [4.69, 9.17) is 0 Å². The molecule has 1 aliphatic carbocycles. The monoisotopic (exact) mass is 210 g/mol. The fraction of sp³-hybridized carbons (Fsp3) is 1.00. The first-order chi connectivity index (χ1) is 7.25. The number of nitrogens with one attached hydrogen (secondary N) is 1. The fourth-order valence-corrected chi connectivity index (χ4v) is 3.00. The Morgan fingerprint density at radius 1 is 1.13 bits per heavy atom. The second-order valence-corrected chi connectivity index (χ2v) is 5.67. The van der Waals surface area contributed by atoms with E-state index in [0.717, 1.165) is 17.9 Å². The van der Waals surface area contributed by atoms with Crippen molar-refractivity contribution in [2.24, 2.45) is 11.8 Å². The van der Waals surface area contributed by atoms with Crippen LogP contribution in [0.5, 0.6) is 0 Å². The molecule has 0 spiro atoms. The molecule has 1 atom stereocenters. The minimum atomic E-state index is 0.748. The van der Waals surface area contributed by atoms with Gasteiger partial charge in [-0.05, 0) is 31.6 Å². The maximum absolute atomic E-state index is 3.47. The van der Waals surface area contributed by atoms with Gasteiger partial charge in [0.25, 0.3) is 0 Å². The molecule has 0 aromatic carbocycles. The summed E-state index contributed by atoms with van der Waals surface area (Å²) < 4.78 is 0. The summed E-state index contributed by atoms with van der Waals surface area (Å²) in [6, 6.07) is 0.748. The van der Waals surface area contributed by atoms with Crippen LogP contribution in [-0.2, 0) is 0 Å². The predicted octanol–water partition coefficient (Wildman–Crippen LogP) is 2.11. The first kappa shape index (κ1) is 11.4. The van der Waals surface area contributed by atoms with Crippen LogP contribution in [0.1, 0.15) is 39.5 Å². The summed E-state index contributed by atoms with van der Waals surface area (Å²) in [4.78, 5) is 2.69. The van der Waals surface area contributed by atoms with E-state index in [1.165, 1.54) is 51.9 Å². The minimum Gasteiger partial charge on any atom is -0.314 e. The molecule has 1 N–H and O–H groups in total. The molecule has 2 nitrogen and oxygen atoms in total. The maximum Gasteiger partial charge on any atom is 0.0193 e. The fourth-order valence-electron chi connectivity index (χ4n) is 3.00. The Kier molecular flexibility index (Phi) is 4.04. The molecule has 15 heavy (non-hydrogen) atoms. The molecule has 2 fully saturated rings. The minimum absolute atomic E-state index is 0.748. The maximum atomic E-state index is 3.47. The first-order valence-corrected chi connectivity index (χ1v) is 6.70. The molecule has 1 saturated heterocycles. The van der Waals surface area contributed by atoms with Crippen molar-refractivity contribution in [3.63, 3.8) is 0 Å². The lowest BCUT2D eigenvalue weighted by molar-refractivity contribution is 0.126. The van der Waals surface area contributed by atoms with Crippen molar-refractivity contribution in [1.82, 2.24) is 10.2 Å². The molecule has 0 amide bonds. The quantitative estimate of drug-likeness (QED) is 0.751. The summed E-state index contributed by atoms with van der Waals surface area (Å²) in [5.41, 5.74) is 0. The van der Waals surface area contributed by atoms with Gasteiger partial charge in [0.1, 0.15) is 0 Å². The van der Waals surface area contributed by atoms with Crippen molar-refractivity contribution < 1.29 is 0 Å². The Morgan fingerprint density at radius 2 is 1.87 bits per heavy atom. The number of hydrogen-bond acceptors (Lipinski definition) is 2. The molecule has 0 unspecified atom stereocenters. The van der Waals surface area contributed by atoms with Gasteiger partial charge in [0.2, 0.25) is 0 Å². The second kappa shape index (κ2) is 5.31. The van der Waals surface area contributed by atoms with Crippen molar-refractivity contribution >= 4 is 0 Å². The van der Waals surface area contributed by atoms with Crippen LogP contribution in [0.25, 0.3) is 0 Å². The van der Waals surface area contributed by atoms with E-state index in [2.05, 4.69) is 24.1 Å². The van der Waals surface area contributed by atoms with Crippen LogP contribution < -0.4 is 5.32 Å². The Labute approximate surface area is 94.4 Å². The predicted molar refractivity (Wildman–Crippen MR) is 65.0 cm³/mol. The van der Waals surface area contributed by atoms with Crippen molar-refractivity contribution in [1.29, 1.82) is 0 Å². The smallest absolute Gasteiger partial charge is 0.0193 e. The van der Waals surface area contributed by atoms with E-state index in [1.54, 1.807) is 0 Å². The summed E-state index contributed by atoms with van der Waals surface area (Å²) in [7, 11) is 0. The second-order valence-electron chi connectivity index (χ2n) is 5.67. The SMILES string of the molecule is CC1CCC(CN2CCNC[C@H]2C)CC1. The van der Waals surface area contributed by atoms with Gasteiger partial charge >= 0.3 is 0 Å². The molecule has 2 heteroatoms. The molecule has 1 saturated carbocycles. The van der Waals surface area contributed by atoms with Gasteiger partial charge < -0.3 is 5.32 Å². The van der Waals surface area contributed by atoms with Crippen molar-refractivity contribution in [2.45, 2.75) is 45.6 Å². The van der Waals surface area contributed by atoms with E-state index in [9.17, 15) is 0 Å². The number of rotatable bonds is 2. The summed E-state index contributed by atoms with van der Waals surface area (Å²) in [6.07, 6.45) is 5.87. The average molecular weight is 210 g/mol. The zero-order chi connectivity index (χ0) is 10.7.